The molecule has 174 valence electrons. The molecule has 1 N–H and O–H groups in total. The van der Waals surface area contributed by atoms with E-state index >= 15 is 0 Å². The van der Waals surface area contributed by atoms with Gasteiger partial charge in [0.05, 0.1) is 33.7 Å². The van der Waals surface area contributed by atoms with Gasteiger partial charge in [-0.15, -0.1) is 0 Å². The summed E-state index contributed by atoms with van der Waals surface area (Å²) >= 11 is 12.7. The molecule has 3 heterocycles. The number of nitrogens with zero attached hydrogens (tertiary/aromatic N) is 3. The van der Waals surface area contributed by atoms with Gasteiger partial charge in [0, 0.05) is 31.3 Å². The van der Waals surface area contributed by atoms with Gasteiger partial charge in [0.1, 0.15) is 0 Å². The highest BCUT2D eigenvalue weighted by atomic mass is 35.5. The van der Waals surface area contributed by atoms with Gasteiger partial charge in [0.25, 0.3) is 0 Å². The van der Waals surface area contributed by atoms with E-state index in [9.17, 15) is 4.79 Å². The number of carbonyl (C=O) groups excluding carboxylic acids is 1. The molecule has 8 heteroatoms. The van der Waals surface area contributed by atoms with E-state index in [1.54, 1.807) is 0 Å². The number of halogens is 2. The van der Waals surface area contributed by atoms with E-state index < -0.39 is 0 Å². The Morgan fingerprint density at radius 3 is 2.39 bits per heavy atom. The fourth-order valence-corrected chi connectivity index (χ4v) is 5.23. The quantitative estimate of drug-likeness (QED) is 0.558. The lowest BCUT2D eigenvalue weighted by atomic mass is 9.95. The van der Waals surface area contributed by atoms with E-state index in [1.165, 1.54) is 11.1 Å². The van der Waals surface area contributed by atoms with Crippen LogP contribution in [-0.2, 0) is 9.53 Å². The van der Waals surface area contributed by atoms with Gasteiger partial charge in [-0.05, 0) is 68.5 Å². The Bertz CT molecular complexity index is 1170. The number of rotatable bonds is 4. The second kappa shape index (κ2) is 9.16. The summed E-state index contributed by atoms with van der Waals surface area (Å²) in [7, 11) is 0. The zero-order chi connectivity index (χ0) is 23.1. The molecule has 0 saturated carbocycles. The highest BCUT2D eigenvalue weighted by molar-refractivity contribution is 6.42. The Labute approximate surface area is 203 Å². The van der Waals surface area contributed by atoms with Crippen LogP contribution < -0.4 is 10.2 Å². The number of anilines is 1. The van der Waals surface area contributed by atoms with E-state index in [4.69, 9.17) is 32.9 Å². The van der Waals surface area contributed by atoms with Crippen LogP contribution in [0, 0.1) is 19.8 Å². The lowest BCUT2D eigenvalue weighted by Crippen LogP contribution is -2.44. The van der Waals surface area contributed by atoms with Crippen molar-refractivity contribution in [1.82, 2.24) is 14.9 Å². The number of fused-ring (bicyclic) bond motifs is 1. The SMILES string of the molecule is Cc1cc(C)cc(-n2c(N3CCC(C(=O)NC4CCOC4)CC3)nc3cc(Cl)c(Cl)cc32)c1. The third-order valence-electron chi connectivity index (χ3n) is 6.57. The molecular weight excluding hydrogens is 459 g/mol. The highest BCUT2D eigenvalue weighted by Gasteiger charge is 2.30. The Morgan fingerprint density at radius 2 is 1.73 bits per heavy atom. The number of carbonyl (C=O) groups is 1. The van der Waals surface area contributed by atoms with Crippen LogP contribution in [0.25, 0.3) is 16.7 Å². The number of piperidine rings is 1. The number of aromatic nitrogens is 2. The van der Waals surface area contributed by atoms with E-state index in [1.807, 2.05) is 12.1 Å². The molecule has 33 heavy (non-hydrogen) atoms. The number of ether oxygens (including phenoxy) is 1. The van der Waals surface area contributed by atoms with Crippen LogP contribution >= 0.6 is 23.2 Å². The molecule has 2 aromatic carbocycles. The van der Waals surface area contributed by atoms with E-state index in [2.05, 4.69) is 46.8 Å². The number of benzene rings is 2. The summed E-state index contributed by atoms with van der Waals surface area (Å²) in [6.07, 6.45) is 2.48. The summed E-state index contributed by atoms with van der Waals surface area (Å²) in [5.74, 6) is 1.02. The van der Waals surface area contributed by atoms with Gasteiger partial charge >= 0.3 is 0 Å². The maximum absolute atomic E-state index is 12.7. The summed E-state index contributed by atoms with van der Waals surface area (Å²) in [6, 6.07) is 10.3. The van der Waals surface area contributed by atoms with Crippen molar-refractivity contribution < 1.29 is 9.53 Å². The highest BCUT2D eigenvalue weighted by Crippen LogP contribution is 2.35. The summed E-state index contributed by atoms with van der Waals surface area (Å²) < 4.78 is 7.55. The maximum Gasteiger partial charge on any atom is 0.223 e. The molecule has 0 spiro atoms. The van der Waals surface area contributed by atoms with Crippen molar-refractivity contribution in [3.8, 4) is 5.69 Å². The van der Waals surface area contributed by atoms with Gasteiger partial charge in [-0.2, -0.15) is 0 Å². The standard InChI is InChI=1S/C25H28Cl2N4O2/c1-15-9-16(2)11-19(10-15)31-23-13-21(27)20(26)12-22(23)29-25(31)30-6-3-17(4-7-30)24(32)28-18-5-8-33-14-18/h9-13,17-18H,3-8,14H2,1-2H3,(H,28,32). The summed E-state index contributed by atoms with van der Waals surface area (Å²) in [4.78, 5) is 20.0. The van der Waals surface area contributed by atoms with Gasteiger partial charge in [-0.1, -0.05) is 29.3 Å². The fraction of sp³-hybridized carbons (Fsp3) is 0.440. The van der Waals surface area contributed by atoms with Crippen LogP contribution in [0.15, 0.2) is 30.3 Å². The largest absolute Gasteiger partial charge is 0.379 e. The van der Waals surface area contributed by atoms with Crippen LogP contribution in [0.2, 0.25) is 10.0 Å². The molecule has 1 aromatic heterocycles. The first-order chi connectivity index (χ1) is 15.9. The van der Waals surface area contributed by atoms with E-state index in [0.717, 1.165) is 61.6 Å². The van der Waals surface area contributed by atoms with Gasteiger partial charge < -0.3 is 15.0 Å². The molecule has 0 radical (unpaired) electrons. The van der Waals surface area contributed by atoms with Crippen molar-refractivity contribution in [2.45, 2.75) is 39.2 Å². The van der Waals surface area contributed by atoms with Crippen LogP contribution in [0.1, 0.15) is 30.4 Å². The van der Waals surface area contributed by atoms with E-state index in [0.29, 0.717) is 16.7 Å². The van der Waals surface area contributed by atoms with Gasteiger partial charge in [-0.3, -0.25) is 9.36 Å². The number of amides is 1. The monoisotopic (exact) mass is 486 g/mol. The van der Waals surface area contributed by atoms with Crippen molar-refractivity contribution in [3.63, 3.8) is 0 Å². The Kier molecular flexibility index (Phi) is 6.25. The van der Waals surface area contributed by atoms with Crippen molar-refractivity contribution in [2.75, 3.05) is 31.2 Å². The van der Waals surface area contributed by atoms with Crippen LogP contribution in [0.5, 0.6) is 0 Å². The average Bonchev–Trinajstić information content (AvgIpc) is 3.41. The molecular formula is C25H28Cl2N4O2. The molecule has 2 fully saturated rings. The Balaban J connectivity index is 1.45. The molecule has 2 saturated heterocycles. The third-order valence-corrected chi connectivity index (χ3v) is 7.29. The van der Waals surface area contributed by atoms with Crippen molar-refractivity contribution in [3.05, 3.63) is 51.5 Å². The molecule has 1 atom stereocenters. The van der Waals surface area contributed by atoms with Gasteiger partial charge in [0.2, 0.25) is 11.9 Å². The summed E-state index contributed by atoms with van der Waals surface area (Å²) in [6.45, 7) is 7.06. The second-order valence-corrected chi connectivity index (χ2v) is 9.99. The average molecular weight is 487 g/mol. The van der Waals surface area contributed by atoms with Crippen molar-refractivity contribution >= 4 is 46.1 Å². The maximum atomic E-state index is 12.7. The smallest absolute Gasteiger partial charge is 0.223 e. The van der Waals surface area contributed by atoms with Gasteiger partial charge in [0.15, 0.2) is 0 Å². The molecule has 3 aromatic rings. The minimum absolute atomic E-state index is 0.0183. The molecule has 5 rings (SSSR count). The predicted molar refractivity (Wildman–Crippen MR) is 133 cm³/mol. The van der Waals surface area contributed by atoms with Crippen LogP contribution in [0.4, 0.5) is 5.95 Å². The first-order valence-electron chi connectivity index (χ1n) is 11.5. The minimum Gasteiger partial charge on any atom is -0.379 e. The Hall–Kier alpha value is -2.28. The molecule has 2 aliphatic heterocycles. The lowest BCUT2D eigenvalue weighted by Gasteiger charge is -2.33. The molecule has 2 aliphatic rings. The topological polar surface area (TPSA) is 59.4 Å². The number of imidazole rings is 1. The van der Waals surface area contributed by atoms with Crippen LogP contribution in [0.3, 0.4) is 0 Å². The zero-order valence-electron chi connectivity index (χ0n) is 18.9. The third kappa shape index (κ3) is 4.57. The molecule has 1 unspecified atom stereocenters. The summed E-state index contributed by atoms with van der Waals surface area (Å²) in [5.41, 5.74) is 5.14. The summed E-state index contributed by atoms with van der Waals surface area (Å²) in [5, 5.41) is 4.15. The predicted octanol–water partition coefficient (Wildman–Crippen LogP) is 5.07. The zero-order valence-corrected chi connectivity index (χ0v) is 20.4. The van der Waals surface area contributed by atoms with Crippen LogP contribution in [-0.4, -0.2) is 47.8 Å². The van der Waals surface area contributed by atoms with Gasteiger partial charge in [-0.25, -0.2) is 4.98 Å². The molecule has 6 nitrogen and oxygen atoms in total. The first kappa shape index (κ1) is 22.5. The molecule has 1 amide bonds. The number of nitrogens with one attached hydrogen (secondary N) is 1. The number of hydrogen-bond acceptors (Lipinski definition) is 4. The molecule has 0 bridgehead atoms. The minimum atomic E-state index is 0.0183. The first-order valence-corrected chi connectivity index (χ1v) is 12.2. The van der Waals surface area contributed by atoms with E-state index in [-0.39, 0.29) is 17.9 Å². The number of aryl methyl sites for hydroxylation is 2. The lowest BCUT2D eigenvalue weighted by molar-refractivity contribution is -0.126. The number of hydrogen-bond donors (Lipinski definition) is 1. The van der Waals surface area contributed by atoms with Crippen molar-refractivity contribution in [1.29, 1.82) is 0 Å². The molecule has 0 aliphatic carbocycles. The Morgan fingerprint density at radius 1 is 1.03 bits per heavy atom. The van der Waals surface area contributed by atoms with Crippen molar-refractivity contribution in [2.24, 2.45) is 5.92 Å². The normalized spacial score (nSPS) is 19.4. The fourth-order valence-electron chi connectivity index (χ4n) is 4.92. The second-order valence-electron chi connectivity index (χ2n) is 9.18.